The average Bonchev–Trinajstić information content (AvgIpc) is 2.78. The molecular formula is C8H7N5O2. The van der Waals surface area contributed by atoms with Crippen molar-refractivity contribution in [3.8, 4) is 5.82 Å². The standard InChI is InChI=1S/C8H7N5O2/c1-15-8(14)6-4-13(12-11-6)7-2-3-9-5-10-7/h2-5H,1H3. The van der Waals surface area contributed by atoms with Crippen molar-refractivity contribution in [1.82, 2.24) is 25.0 Å². The summed E-state index contributed by atoms with van der Waals surface area (Å²) in [6, 6.07) is 1.65. The lowest BCUT2D eigenvalue weighted by Gasteiger charge is -1.95. The second kappa shape index (κ2) is 3.82. The number of hydrogen-bond acceptors (Lipinski definition) is 6. The topological polar surface area (TPSA) is 82.8 Å². The molecule has 0 N–H and O–H groups in total. The van der Waals surface area contributed by atoms with Crippen molar-refractivity contribution >= 4 is 5.97 Å². The van der Waals surface area contributed by atoms with Crippen LogP contribution in [-0.4, -0.2) is 38.0 Å². The Labute approximate surface area is 84.7 Å². The quantitative estimate of drug-likeness (QED) is 0.634. The summed E-state index contributed by atoms with van der Waals surface area (Å²) in [5.41, 5.74) is 0.135. The van der Waals surface area contributed by atoms with Gasteiger partial charge in [0.25, 0.3) is 0 Å². The van der Waals surface area contributed by atoms with Gasteiger partial charge in [0, 0.05) is 12.3 Å². The van der Waals surface area contributed by atoms with Crippen LogP contribution < -0.4 is 0 Å². The molecule has 2 aromatic rings. The van der Waals surface area contributed by atoms with E-state index in [0.29, 0.717) is 5.82 Å². The fraction of sp³-hybridized carbons (Fsp3) is 0.125. The molecular weight excluding hydrogens is 198 g/mol. The molecule has 0 aliphatic heterocycles. The van der Waals surface area contributed by atoms with Gasteiger partial charge in [0.15, 0.2) is 11.5 Å². The molecule has 0 saturated heterocycles. The number of carbonyl (C=O) groups excluding carboxylic acids is 1. The first-order valence-electron chi connectivity index (χ1n) is 4.08. The minimum absolute atomic E-state index is 0.135. The van der Waals surface area contributed by atoms with E-state index in [1.165, 1.54) is 24.3 Å². The number of esters is 1. The molecule has 0 fully saturated rings. The first kappa shape index (κ1) is 9.25. The van der Waals surface area contributed by atoms with Gasteiger partial charge in [-0.3, -0.25) is 0 Å². The van der Waals surface area contributed by atoms with Gasteiger partial charge in [0.1, 0.15) is 6.33 Å². The van der Waals surface area contributed by atoms with E-state index in [-0.39, 0.29) is 5.69 Å². The van der Waals surface area contributed by atoms with Gasteiger partial charge in [-0.15, -0.1) is 5.10 Å². The summed E-state index contributed by atoms with van der Waals surface area (Å²) in [7, 11) is 1.28. The number of hydrogen-bond donors (Lipinski definition) is 0. The Hall–Kier alpha value is -2.31. The Bertz CT molecular complexity index is 467. The van der Waals surface area contributed by atoms with Crippen LogP contribution in [0.5, 0.6) is 0 Å². The number of nitrogens with zero attached hydrogens (tertiary/aromatic N) is 5. The molecule has 0 radical (unpaired) electrons. The number of methoxy groups -OCH3 is 1. The van der Waals surface area contributed by atoms with Crippen molar-refractivity contribution in [3.63, 3.8) is 0 Å². The normalized spacial score (nSPS) is 9.93. The van der Waals surface area contributed by atoms with E-state index in [9.17, 15) is 4.79 Å². The van der Waals surface area contributed by atoms with Crippen LogP contribution >= 0.6 is 0 Å². The first-order valence-corrected chi connectivity index (χ1v) is 4.08. The largest absolute Gasteiger partial charge is 0.464 e. The van der Waals surface area contributed by atoms with Crippen LogP contribution in [0.15, 0.2) is 24.8 Å². The first-order chi connectivity index (χ1) is 7.31. The van der Waals surface area contributed by atoms with Crippen LogP contribution in [0.1, 0.15) is 10.5 Å². The third kappa shape index (κ3) is 1.80. The van der Waals surface area contributed by atoms with E-state index >= 15 is 0 Å². The SMILES string of the molecule is COC(=O)c1cn(-c2ccncn2)nn1. The van der Waals surface area contributed by atoms with Crippen molar-refractivity contribution in [2.45, 2.75) is 0 Å². The smallest absolute Gasteiger partial charge is 0.360 e. The zero-order valence-electron chi connectivity index (χ0n) is 7.86. The van der Waals surface area contributed by atoms with Crippen LogP contribution in [-0.2, 0) is 4.74 Å². The third-order valence-electron chi connectivity index (χ3n) is 1.69. The van der Waals surface area contributed by atoms with Gasteiger partial charge in [-0.05, 0) is 0 Å². The monoisotopic (exact) mass is 205 g/mol. The molecule has 0 unspecified atom stereocenters. The molecule has 15 heavy (non-hydrogen) atoms. The fourth-order valence-electron chi connectivity index (χ4n) is 0.993. The van der Waals surface area contributed by atoms with E-state index in [1.807, 2.05) is 0 Å². The highest BCUT2D eigenvalue weighted by molar-refractivity contribution is 5.86. The molecule has 2 heterocycles. The second-order valence-electron chi connectivity index (χ2n) is 2.61. The van der Waals surface area contributed by atoms with Crippen LogP contribution in [0.4, 0.5) is 0 Å². The number of carbonyl (C=O) groups is 1. The number of rotatable bonds is 2. The summed E-state index contributed by atoms with van der Waals surface area (Å²) in [5.74, 6) is 0.00274. The molecule has 2 rings (SSSR count). The fourth-order valence-corrected chi connectivity index (χ4v) is 0.993. The van der Waals surface area contributed by atoms with Gasteiger partial charge in [-0.25, -0.2) is 19.4 Å². The molecule has 0 saturated carbocycles. The average molecular weight is 205 g/mol. The molecule has 2 aromatic heterocycles. The highest BCUT2D eigenvalue weighted by Gasteiger charge is 2.11. The van der Waals surface area contributed by atoms with Crippen molar-refractivity contribution in [2.24, 2.45) is 0 Å². The van der Waals surface area contributed by atoms with Gasteiger partial charge in [-0.2, -0.15) is 0 Å². The van der Waals surface area contributed by atoms with Crippen LogP contribution in [0.3, 0.4) is 0 Å². The molecule has 0 bridgehead atoms. The molecule has 0 aromatic carbocycles. The number of aromatic nitrogens is 5. The van der Waals surface area contributed by atoms with E-state index in [2.05, 4.69) is 25.0 Å². The zero-order chi connectivity index (χ0) is 10.7. The van der Waals surface area contributed by atoms with Gasteiger partial charge >= 0.3 is 5.97 Å². The Morgan fingerprint density at radius 1 is 1.53 bits per heavy atom. The lowest BCUT2D eigenvalue weighted by Crippen LogP contribution is -2.01. The maximum atomic E-state index is 11.1. The second-order valence-corrected chi connectivity index (χ2v) is 2.61. The maximum absolute atomic E-state index is 11.1. The van der Waals surface area contributed by atoms with E-state index in [4.69, 9.17) is 0 Å². The highest BCUT2D eigenvalue weighted by atomic mass is 16.5. The minimum Gasteiger partial charge on any atom is -0.464 e. The van der Waals surface area contributed by atoms with Crippen molar-refractivity contribution in [2.75, 3.05) is 7.11 Å². The number of ether oxygens (including phenoxy) is 1. The Morgan fingerprint density at radius 2 is 2.40 bits per heavy atom. The Kier molecular flexibility index (Phi) is 2.36. The molecule has 0 aliphatic carbocycles. The van der Waals surface area contributed by atoms with Crippen LogP contribution in [0, 0.1) is 0 Å². The molecule has 7 nitrogen and oxygen atoms in total. The van der Waals surface area contributed by atoms with E-state index < -0.39 is 5.97 Å². The summed E-state index contributed by atoms with van der Waals surface area (Å²) in [6.07, 6.45) is 4.39. The minimum atomic E-state index is -0.532. The summed E-state index contributed by atoms with van der Waals surface area (Å²) in [6.45, 7) is 0. The van der Waals surface area contributed by atoms with Gasteiger partial charge < -0.3 is 4.74 Å². The maximum Gasteiger partial charge on any atom is 0.360 e. The van der Waals surface area contributed by atoms with E-state index in [0.717, 1.165) is 0 Å². The van der Waals surface area contributed by atoms with Crippen LogP contribution in [0.25, 0.3) is 5.82 Å². The molecule has 0 aliphatic rings. The molecule has 0 spiro atoms. The molecule has 76 valence electrons. The molecule has 7 heteroatoms. The Morgan fingerprint density at radius 3 is 3.07 bits per heavy atom. The summed E-state index contributed by atoms with van der Waals surface area (Å²) in [4.78, 5) is 18.8. The van der Waals surface area contributed by atoms with E-state index in [1.54, 1.807) is 12.3 Å². The van der Waals surface area contributed by atoms with Crippen molar-refractivity contribution in [3.05, 3.63) is 30.5 Å². The summed E-state index contributed by atoms with van der Waals surface area (Å²) >= 11 is 0. The third-order valence-corrected chi connectivity index (χ3v) is 1.69. The predicted molar refractivity (Wildman–Crippen MR) is 48.3 cm³/mol. The predicted octanol–water partition coefficient (Wildman–Crippen LogP) is -0.156. The molecule has 0 atom stereocenters. The van der Waals surface area contributed by atoms with Gasteiger partial charge in [-0.1, -0.05) is 5.21 Å². The van der Waals surface area contributed by atoms with Crippen molar-refractivity contribution in [1.29, 1.82) is 0 Å². The lowest BCUT2D eigenvalue weighted by atomic mass is 10.5. The molecule has 0 amide bonds. The lowest BCUT2D eigenvalue weighted by molar-refractivity contribution is 0.0594. The van der Waals surface area contributed by atoms with Gasteiger partial charge in [0.05, 0.1) is 13.3 Å². The zero-order valence-corrected chi connectivity index (χ0v) is 7.86. The summed E-state index contributed by atoms with van der Waals surface area (Å²) < 4.78 is 5.87. The van der Waals surface area contributed by atoms with Crippen LogP contribution in [0.2, 0.25) is 0 Å². The van der Waals surface area contributed by atoms with Crippen molar-refractivity contribution < 1.29 is 9.53 Å². The highest BCUT2D eigenvalue weighted by Crippen LogP contribution is 2.01. The van der Waals surface area contributed by atoms with Gasteiger partial charge in [0.2, 0.25) is 0 Å². The Balaban J connectivity index is 2.32. The summed E-state index contributed by atoms with van der Waals surface area (Å²) in [5, 5.41) is 7.37.